The lowest BCUT2D eigenvalue weighted by molar-refractivity contribution is -0.120. The molecule has 0 saturated carbocycles. The number of fused-ring (bicyclic) bond motifs is 4. The molecule has 7 rings (SSSR count). The van der Waals surface area contributed by atoms with Crippen LogP contribution in [0.2, 0.25) is 0 Å². The zero-order valence-electron chi connectivity index (χ0n) is 22.6. The normalized spacial score (nSPS) is 17.8. The van der Waals surface area contributed by atoms with Gasteiger partial charge in [-0.2, -0.15) is 0 Å². The number of nitrogens with one attached hydrogen (secondary N) is 2. The van der Waals surface area contributed by atoms with Crippen LogP contribution in [-0.4, -0.2) is 40.3 Å². The van der Waals surface area contributed by atoms with Crippen LogP contribution < -0.4 is 10.2 Å². The summed E-state index contributed by atoms with van der Waals surface area (Å²) in [6, 6.07) is 28.4. The molecule has 0 bridgehead atoms. The number of amides is 4. The molecular weight excluding hydrogens is 531 g/mol. The van der Waals surface area contributed by atoms with Crippen LogP contribution in [0.4, 0.5) is 14.9 Å². The number of hydrogen-bond donors (Lipinski definition) is 2. The van der Waals surface area contributed by atoms with Crippen LogP contribution in [0.15, 0.2) is 103 Å². The second-order valence-corrected chi connectivity index (χ2v) is 10.6. The number of carbonyl (C=O) groups excluding carboxylic acids is 3. The lowest BCUT2D eigenvalue weighted by Gasteiger charge is -2.36. The molecular formula is C34H27FN4O3. The van der Waals surface area contributed by atoms with Crippen molar-refractivity contribution in [3.63, 3.8) is 0 Å². The largest absolute Gasteiger partial charge is 0.356 e. The Hall–Kier alpha value is -5.24. The summed E-state index contributed by atoms with van der Waals surface area (Å²) in [6.07, 6.45) is 0.973. The maximum atomic E-state index is 14.2. The van der Waals surface area contributed by atoms with Crippen LogP contribution >= 0.6 is 0 Å². The van der Waals surface area contributed by atoms with Crippen molar-refractivity contribution < 1.29 is 18.8 Å². The van der Waals surface area contributed by atoms with E-state index in [-0.39, 0.29) is 23.0 Å². The van der Waals surface area contributed by atoms with Crippen LogP contribution in [0.5, 0.6) is 0 Å². The molecule has 1 aromatic heterocycles. The first kappa shape index (κ1) is 25.7. The zero-order valence-corrected chi connectivity index (χ0v) is 22.6. The number of halogens is 1. The Bertz CT molecular complexity index is 1830. The van der Waals surface area contributed by atoms with Gasteiger partial charge in [-0.25, -0.2) is 14.1 Å². The number of aromatic amines is 1. The highest BCUT2D eigenvalue weighted by Crippen LogP contribution is 2.45. The first-order valence-corrected chi connectivity index (χ1v) is 13.9. The quantitative estimate of drug-likeness (QED) is 0.260. The molecule has 1 saturated heterocycles. The number of imide groups is 1. The molecule has 2 N–H and O–H groups in total. The van der Waals surface area contributed by atoms with Gasteiger partial charge in [0.25, 0.3) is 11.8 Å². The monoisotopic (exact) mass is 558 g/mol. The standard InChI is InChI=1S/C34H27FN4O3/c35-23-16-14-22(15-17-23)31-30-26(24-10-4-6-12-27(24)37-30)20-29-33(41)39(34(42)38(29)31)28-13-7-5-11-25(28)32(40)36-19-18-21-8-2-1-3-9-21/h1-17,29,31,37H,18-20H2,(H,36,40)/t29-,31?/m0/s1. The number of benzene rings is 4. The topological polar surface area (TPSA) is 85.5 Å². The minimum absolute atomic E-state index is 0.241. The molecule has 1 fully saturated rings. The number of anilines is 1. The smallest absolute Gasteiger partial charge is 0.332 e. The Labute approximate surface area is 241 Å². The molecule has 7 nitrogen and oxygen atoms in total. The number of urea groups is 1. The number of carbonyl (C=O) groups is 3. The van der Waals surface area contributed by atoms with Gasteiger partial charge in [-0.1, -0.05) is 72.8 Å². The third-order valence-electron chi connectivity index (χ3n) is 8.17. The second-order valence-electron chi connectivity index (χ2n) is 10.6. The van der Waals surface area contributed by atoms with E-state index in [0.29, 0.717) is 24.9 Å². The van der Waals surface area contributed by atoms with Crippen LogP contribution in [-0.2, 0) is 17.6 Å². The number of nitrogens with zero attached hydrogens (tertiary/aromatic N) is 2. The van der Waals surface area contributed by atoms with Gasteiger partial charge in [-0.05, 0) is 53.4 Å². The molecule has 0 aliphatic carbocycles. The van der Waals surface area contributed by atoms with Crippen LogP contribution in [0, 0.1) is 5.82 Å². The van der Waals surface area contributed by atoms with E-state index >= 15 is 0 Å². The van der Waals surface area contributed by atoms with Crippen molar-refractivity contribution in [1.29, 1.82) is 0 Å². The van der Waals surface area contributed by atoms with E-state index in [4.69, 9.17) is 0 Å². The van der Waals surface area contributed by atoms with Crippen LogP contribution in [0.1, 0.15) is 38.8 Å². The molecule has 4 amide bonds. The van der Waals surface area contributed by atoms with Crippen molar-refractivity contribution in [3.05, 3.63) is 137 Å². The summed E-state index contributed by atoms with van der Waals surface area (Å²) in [4.78, 5) is 47.8. The van der Waals surface area contributed by atoms with Crippen molar-refractivity contribution in [2.45, 2.75) is 24.9 Å². The lowest BCUT2D eigenvalue weighted by atomic mass is 9.89. The number of aromatic nitrogens is 1. The van der Waals surface area contributed by atoms with Crippen molar-refractivity contribution in [2.75, 3.05) is 11.4 Å². The van der Waals surface area contributed by atoms with Crippen molar-refractivity contribution >= 4 is 34.4 Å². The molecule has 2 aliphatic heterocycles. The Kier molecular flexibility index (Phi) is 6.31. The predicted octanol–water partition coefficient (Wildman–Crippen LogP) is 5.76. The summed E-state index contributed by atoms with van der Waals surface area (Å²) in [5, 5.41) is 3.91. The summed E-state index contributed by atoms with van der Waals surface area (Å²) in [6.45, 7) is 0.405. The van der Waals surface area contributed by atoms with E-state index in [1.54, 1.807) is 41.3 Å². The van der Waals surface area contributed by atoms with E-state index in [2.05, 4.69) is 10.3 Å². The summed E-state index contributed by atoms with van der Waals surface area (Å²) < 4.78 is 13.9. The van der Waals surface area contributed by atoms with Gasteiger partial charge < -0.3 is 10.3 Å². The summed E-state index contributed by atoms with van der Waals surface area (Å²) in [5.41, 5.74) is 4.93. The SMILES string of the molecule is O=C(NCCc1ccccc1)c1ccccc1N1C(=O)[C@@H]2Cc3c([nH]c4ccccc34)C(c3ccc(F)cc3)N2C1=O. The van der Waals surface area contributed by atoms with Crippen molar-refractivity contribution in [2.24, 2.45) is 0 Å². The van der Waals surface area contributed by atoms with E-state index in [1.807, 2.05) is 54.6 Å². The fraction of sp³-hybridized carbons (Fsp3) is 0.147. The third-order valence-corrected chi connectivity index (χ3v) is 8.17. The molecule has 1 unspecified atom stereocenters. The van der Waals surface area contributed by atoms with Gasteiger partial charge in [0, 0.05) is 29.6 Å². The van der Waals surface area contributed by atoms with Crippen molar-refractivity contribution in [1.82, 2.24) is 15.2 Å². The zero-order chi connectivity index (χ0) is 28.8. The average molecular weight is 559 g/mol. The van der Waals surface area contributed by atoms with Gasteiger partial charge in [0.05, 0.1) is 11.3 Å². The summed E-state index contributed by atoms with van der Waals surface area (Å²) >= 11 is 0. The third kappa shape index (κ3) is 4.23. The fourth-order valence-electron chi connectivity index (χ4n) is 6.21. The van der Waals surface area contributed by atoms with Gasteiger partial charge in [0.2, 0.25) is 0 Å². The maximum Gasteiger partial charge on any atom is 0.332 e. The molecule has 0 radical (unpaired) electrons. The van der Waals surface area contributed by atoms with Gasteiger partial charge in [0.15, 0.2) is 0 Å². The van der Waals surface area contributed by atoms with E-state index in [0.717, 1.165) is 32.6 Å². The van der Waals surface area contributed by atoms with Gasteiger partial charge in [-0.3, -0.25) is 14.5 Å². The molecule has 4 aromatic carbocycles. The Morgan fingerprint density at radius 1 is 0.881 bits per heavy atom. The van der Waals surface area contributed by atoms with E-state index in [9.17, 15) is 18.8 Å². The first-order valence-electron chi connectivity index (χ1n) is 13.9. The molecule has 208 valence electrons. The average Bonchev–Trinajstić information content (AvgIpc) is 3.51. The molecule has 42 heavy (non-hydrogen) atoms. The first-order chi connectivity index (χ1) is 20.5. The molecule has 5 aromatic rings. The minimum Gasteiger partial charge on any atom is -0.356 e. The summed E-state index contributed by atoms with van der Waals surface area (Å²) in [7, 11) is 0. The van der Waals surface area contributed by atoms with Gasteiger partial charge in [-0.15, -0.1) is 0 Å². The highest BCUT2D eigenvalue weighted by Gasteiger charge is 2.53. The minimum atomic E-state index is -0.784. The number of H-pyrrole nitrogens is 1. The predicted molar refractivity (Wildman–Crippen MR) is 158 cm³/mol. The summed E-state index contributed by atoms with van der Waals surface area (Å²) in [5.74, 6) is -1.15. The molecule has 0 spiro atoms. The fourth-order valence-corrected chi connectivity index (χ4v) is 6.21. The van der Waals surface area contributed by atoms with E-state index in [1.165, 1.54) is 12.1 Å². The van der Waals surface area contributed by atoms with Gasteiger partial charge in [0.1, 0.15) is 17.9 Å². The molecule has 2 atom stereocenters. The van der Waals surface area contributed by atoms with Crippen molar-refractivity contribution in [3.8, 4) is 0 Å². The van der Waals surface area contributed by atoms with Crippen LogP contribution in [0.25, 0.3) is 10.9 Å². The number of rotatable bonds is 6. The van der Waals surface area contributed by atoms with Crippen LogP contribution in [0.3, 0.4) is 0 Å². The lowest BCUT2D eigenvalue weighted by Crippen LogP contribution is -2.44. The molecule has 8 heteroatoms. The number of hydrogen-bond acceptors (Lipinski definition) is 3. The Morgan fingerprint density at radius 2 is 1.60 bits per heavy atom. The van der Waals surface area contributed by atoms with Gasteiger partial charge >= 0.3 is 6.03 Å². The Balaban J connectivity index is 1.25. The highest BCUT2D eigenvalue weighted by atomic mass is 19.1. The maximum absolute atomic E-state index is 14.2. The van der Waals surface area contributed by atoms with E-state index < -0.39 is 24.0 Å². The molecule has 2 aliphatic rings. The number of para-hydroxylation sites is 2. The molecule has 3 heterocycles. The highest BCUT2D eigenvalue weighted by molar-refractivity contribution is 6.24. The Morgan fingerprint density at radius 3 is 2.40 bits per heavy atom. The second kappa shape index (κ2) is 10.3.